The summed E-state index contributed by atoms with van der Waals surface area (Å²) in [5.74, 6) is 4.66. The molecule has 4 heteroatoms. The molecule has 4 saturated carbocycles. The lowest BCUT2D eigenvalue weighted by Gasteiger charge is -2.39. The first-order chi connectivity index (χ1) is 14.8. The predicted molar refractivity (Wildman–Crippen MR) is 120 cm³/mol. The Kier molecular flexibility index (Phi) is 7.01. The maximum Gasteiger partial charge on any atom is 0.223 e. The normalized spacial score (nSPS) is 42.3. The van der Waals surface area contributed by atoms with E-state index in [0.29, 0.717) is 29.9 Å². The molecule has 5 fully saturated rings. The molecule has 170 valence electrons. The highest BCUT2D eigenvalue weighted by Gasteiger charge is 2.48. The minimum absolute atomic E-state index is 0.320. The summed E-state index contributed by atoms with van der Waals surface area (Å²) in [6, 6.07) is 0.446. The van der Waals surface area contributed by atoms with Gasteiger partial charge in [0.25, 0.3) is 0 Å². The molecule has 1 saturated heterocycles. The van der Waals surface area contributed by atoms with E-state index in [1.54, 1.807) is 0 Å². The molecule has 2 N–H and O–H groups in total. The third kappa shape index (κ3) is 5.23. The van der Waals surface area contributed by atoms with Crippen molar-refractivity contribution in [1.29, 1.82) is 0 Å². The van der Waals surface area contributed by atoms with Crippen LogP contribution in [0.4, 0.5) is 0 Å². The molecular weight excluding hydrogens is 372 g/mol. The van der Waals surface area contributed by atoms with Crippen LogP contribution in [0.3, 0.4) is 0 Å². The number of amides is 1. The number of hydrogen-bond acceptors (Lipinski definition) is 3. The van der Waals surface area contributed by atoms with Gasteiger partial charge < -0.3 is 15.4 Å². The predicted octanol–water partition coefficient (Wildman–Crippen LogP) is 4.67. The second-order valence-corrected chi connectivity index (χ2v) is 11.4. The number of carbonyl (C=O) groups excluding carboxylic acids is 1. The summed E-state index contributed by atoms with van der Waals surface area (Å²) in [6.45, 7) is 3.37. The van der Waals surface area contributed by atoms with Crippen LogP contribution in [0.5, 0.6) is 0 Å². The molecular formula is C26H44N2O2. The van der Waals surface area contributed by atoms with E-state index in [1.807, 2.05) is 0 Å². The van der Waals surface area contributed by atoms with Crippen LogP contribution in [0, 0.1) is 35.5 Å². The van der Waals surface area contributed by atoms with Gasteiger partial charge in [-0.3, -0.25) is 4.79 Å². The molecule has 0 aromatic heterocycles. The molecule has 0 aromatic rings. The summed E-state index contributed by atoms with van der Waals surface area (Å²) in [4.78, 5) is 12.9. The molecule has 0 bridgehead atoms. The number of nitrogens with one attached hydrogen (secondary N) is 2. The van der Waals surface area contributed by atoms with Crippen molar-refractivity contribution in [1.82, 2.24) is 10.6 Å². The lowest BCUT2D eigenvalue weighted by molar-refractivity contribution is -0.124. The maximum atomic E-state index is 12.9. The molecule has 1 aliphatic heterocycles. The van der Waals surface area contributed by atoms with E-state index >= 15 is 0 Å². The topological polar surface area (TPSA) is 50.4 Å². The Labute approximate surface area is 183 Å². The number of piperidine rings is 1. The van der Waals surface area contributed by atoms with Gasteiger partial charge in [0.15, 0.2) is 0 Å². The lowest BCUT2D eigenvalue weighted by Crippen LogP contribution is -2.46. The molecule has 5 rings (SSSR count). The number of hydrogen-bond donors (Lipinski definition) is 2. The number of carbonyl (C=O) groups is 1. The monoisotopic (exact) mass is 416 g/mol. The van der Waals surface area contributed by atoms with Gasteiger partial charge in [-0.2, -0.15) is 0 Å². The summed E-state index contributed by atoms with van der Waals surface area (Å²) >= 11 is 0. The van der Waals surface area contributed by atoms with Gasteiger partial charge in [-0.05, 0) is 113 Å². The summed E-state index contributed by atoms with van der Waals surface area (Å²) in [6.07, 6.45) is 18.7. The van der Waals surface area contributed by atoms with Crippen molar-refractivity contribution in [3.05, 3.63) is 0 Å². The molecule has 5 unspecified atom stereocenters. The van der Waals surface area contributed by atoms with Gasteiger partial charge in [0.2, 0.25) is 5.91 Å². The smallest absolute Gasteiger partial charge is 0.223 e. The van der Waals surface area contributed by atoms with Crippen LogP contribution >= 0.6 is 0 Å². The van der Waals surface area contributed by atoms with Crippen molar-refractivity contribution in [3.63, 3.8) is 0 Å². The van der Waals surface area contributed by atoms with Crippen molar-refractivity contribution < 1.29 is 9.53 Å². The minimum atomic E-state index is 0.320. The van der Waals surface area contributed by atoms with Gasteiger partial charge in [-0.15, -0.1) is 0 Å². The Morgan fingerprint density at radius 2 is 1.63 bits per heavy atom. The number of ether oxygens (including phenoxy) is 1. The molecule has 4 aliphatic carbocycles. The third-order valence-electron chi connectivity index (χ3n) is 9.38. The Hall–Kier alpha value is -0.610. The molecule has 0 radical (unpaired) electrons. The van der Waals surface area contributed by atoms with E-state index in [1.165, 1.54) is 96.6 Å². The standard InChI is InChI=1S/C26H44N2O2/c29-26(28-22-9-6-21-16-27-13-12-20(21)14-22)25-15-24(25)19-7-10-23(11-8-19)30-17-18-4-2-1-3-5-18/h18-25,27H,1-17H2,(H,28,29). The summed E-state index contributed by atoms with van der Waals surface area (Å²) in [7, 11) is 0. The third-order valence-corrected chi connectivity index (χ3v) is 9.38. The zero-order valence-corrected chi connectivity index (χ0v) is 19.0. The Balaban J connectivity index is 0.995. The van der Waals surface area contributed by atoms with Gasteiger partial charge in [0.1, 0.15) is 0 Å². The fourth-order valence-electron chi connectivity index (χ4n) is 7.31. The molecule has 5 aliphatic rings. The zero-order valence-electron chi connectivity index (χ0n) is 19.0. The lowest BCUT2D eigenvalue weighted by atomic mass is 9.73. The van der Waals surface area contributed by atoms with E-state index in [0.717, 1.165) is 36.7 Å². The van der Waals surface area contributed by atoms with E-state index < -0.39 is 0 Å². The van der Waals surface area contributed by atoms with Crippen LogP contribution in [-0.2, 0) is 9.53 Å². The van der Waals surface area contributed by atoms with Crippen LogP contribution in [0.2, 0.25) is 0 Å². The van der Waals surface area contributed by atoms with E-state index in [-0.39, 0.29) is 0 Å². The van der Waals surface area contributed by atoms with Crippen LogP contribution in [0.15, 0.2) is 0 Å². The second-order valence-electron chi connectivity index (χ2n) is 11.4. The van der Waals surface area contributed by atoms with Gasteiger partial charge in [-0.25, -0.2) is 0 Å². The fourth-order valence-corrected chi connectivity index (χ4v) is 7.31. The SMILES string of the molecule is O=C(NC1CCC2CNCCC2C1)C1CC1C1CCC(OCC2CCCCC2)CC1. The molecule has 30 heavy (non-hydrogen) atoms. The van der Waals surface area contributed by atoms with E-state index in [9.17, 15) is 4.79 Å². The summed E-state index contributed by atoms with van der Waals surface area (Å²) in [5, 5.41) is 7.01. The molecule has 4 nitrogen and oxygen atoms in total. The average Bonchev–Trinajstić information content (AvgIpc) is 3.60. The van der Waals surface area contributed by atoms with Crippen molar-refractivity contribution in [3.8, 4) is 0 Å². The largest absolute Gasteiger partial charge is 0.378 e. The van der Waals surface area contributed by atoms with Crippen molar-refractivity contribution in [2.45, 2.75) is 102 Å². The number of fused-ring (bicyclic) bond motifs is 1. The minimum Gasteiger partial charge on any atom is -0.378 e. The quantitative estimate of drug-likeness (QED) is 0.661. The van der Waals surface area contributed by atoms with Gasteiger partial charge in [-0.1, -0.05) is 19.3 Å². The average molecular weight is 417 g/mol. The first kappa shape index (κ1) is 21.2. The van der Waals surface area contributed by atoms with E-state index in [4.69, 9.17) is 4.74 Å². The maximum absolute atomic E-state index is 12.9. The van der Waals surface area contributed by atoms with Gasteiger partial charge >= 0.3 is 0 Å². The molecule has 1 heterocycles. The fraction of sp³-hybridized carbons (Fsp3) is 0.962. The second kappa shape index (κ2) is 9.90. The van der Waals surface area contributed by atoms with Crippen LogP contribution in [0.1, 0.15) is 89.9 Å². The van der Waals surface area contributed by atoms with Gasteiger partial charge in [0.05, 0.1) is 6.10 Å². The Bertz CT molecular complexity index is 567. The van der Waals surface area contributed by atoms with Crippen LogP contribution in [0.25, 0.3) is 0 Å². The molecule has 0 spiro atoms. The first-order valence-corrected chi connectivity index (χ1v) is 13.4. The summed E-state index contributed by atoms with van der Waals surface area (Å²) in [5.41, 5.74) is 0. The van der Waals surface area contributed by atoms with Crippen LogP contribution in [-0.4, -0.2) is 37.7 Å². The highest BCUT2D eigenvalue weighted by Crippen LogP contribution is 2.50. The Morgan fingerprint density at radius 1 is 0.833 bits per heavy atom. The van der Waals surface area contributed by atoms with Crippen molar-refractivity contribution in [2.75, 3.05) is 19.7 Å². The first-order valence-electron chi connectivity index (χ1n) is 13.4. The van der Waals surface area contributed by atoms with Crippen molar-refractivity contribution >= 4 is 5.91 Å². The highest BCUT2D eigenvalue weighted by molar-refractivity contribution is 5.81. The Morgan fingerprint density at radius 3 is 2.47 bits per heavy atom. The molecule has 0 aromatic carbocycles. The summed E-state index contributed by atoms with van der Waals surface area (Å²) < 4.78 is 6.31. The number of rotatable bonds is 6. The van der Waals surface area contributed by atoms with E-state index in [2.05, 4.69) is 10.6 Å². The van der Waals surface area contributed by atoms with Gasteiger partial charge in [0, 0.05) is 18.6 Å². The molecule has 5 atom stereocenters. The molecule has 1 amide bonds. The highest BCUT2D eigenvalue weighted by atomic mass is 16.5. The zero-order chi connectivity index (χ0) is 20.3. The van der Waals surface area contributed by atoms with Crippen molar-refractivity contribution in [2.24, 2.45) is 35.5 Å². The van der Waals surface area contributed by atoms with Crippen LogP contribution < -0.4 is 10.6 Å².